The Balaban J connectivity index is 1.60. The fraction of sp³-hybridized carbons (Fsp3) is 0.533. The summed E-state index contributed by atoms with van der Waals surface area (Å²) in [5.74, 6) is 2.30. The zero-order valence-electron chi connectivity index (χ0n) is 10.6. The molecule has 0 spiro atoms. The molecule has 2 atom stereocenters. The molecule has 0 saturated heterocycles. The van der Waals surface area contributed by atoms with Crippen LogP contribution in [0.15, 0.2) is 24.3 Å². The van der Waals surface area contributed by atoms with E-state index in [0.717, 1.165) is 35.3 Å². The van der Waals surface area contributed by atoms with E-state index in [1.165, 1.54) is 6.42 Å². The maximum Gasteiger partial charge on any atom is 0.225 e. The number of fused-ring (bicyclic) bond motifs is 1. The van der Waals surface area contributed by atoms with E-state index in [4.69, 9.17) is 11.6 Å². The molecule has 0 heterocycles. The largest absolute Gasteiger partial charge is 0.341 e. The van der Waals surface area contributed by atoms with Crippen molar-refractivity contribution in [3.05, 3.63) is 34.9 Å². The topological polar surface area (TPSA) is 20.3 Å². The highest BCUT2D eigenvalue weighted by Gasteiger charge is 2.48. The van der Waals surface area contributed by atoms with Gasteiger partial charge in [0.25, 0.3) is 0 Å². The average molecular weight is 264 g/mol. The molecule has 18 heavy (non-hydrogen) atoms. The van der Waals surface area contributed by atoms with Crippen molar-refractivity contribution in [2.45, 2.75) is 25.8 Å². The van der Waals surface area contributed by atoms with Crippen LogP contribution in [0.4, 0.5) is 0 Å². The maximum absolute atomic E-state index is 12.3. The molecule has 0 N–H and O–H groups in total. The number of carbonyl (C=O) groups excluding carboxylic acids is 1. The third-order valence-corrected chi connectivity index (χ3v) is 4.51. The van der Waals surface area contributed by atoms with Crippen LogP contribution >= 0.6 is 11.6 Å². The molecule has 0 radical (unpaired) electrons. The first-order chi connectivity index (χ1) is 8.63. The van der Waals surface area contributed by atoms with Crippen molar-refractivity contribution in [1.82, 2.24) is 4.90 Å². The number of carbonyl (C=O) groups is 1. The fourth-order valence-corrected chi connectivity index (χ4v) is 3.43. The summed E-state index contributed by atoms with van der Waals surface area (Å²) < 4.78 is 0. The Morgan fingerprint density at radius 2 is 2.06 bits per heavy atom. The van der Waals surface area contributed by atoms with Crippen molar-refractivity contribution in [3.63, 3.8) is 0 Å². The second-order valence-electron chi connectivity index (χ2n) is 5.75. The van der Waals surface area contributed by atoms with Crippen LogP contribution in [0.1, 0.15) is 24.8 Å². The highest BCUT2D eigenvalue weighted by Crippen LogP contribution is 2.54. The Kier molecular flexibility index (Phi) is 3.06. The number of hydrogen-bond donors (Lipinski definition) is 0. The Morgan fingerprint density at radius 1 is 1.33 bits per heavy atom. The van der Waals surface area contributed by atoms with Gasteiger partial charge >= 0.3 is 0 Å². The molecule has 2 nitrogen and oxygen atoms in total. The van der Waals surface area contributed by atoms with Gasteiger partial charge in [0.1, 0.15) is 0 Å². The Labute approximate surface area is 113 Å². The first kappa shape index (κ1) is 12.0. The minimum atomic E-state index is 0.276. The zero-order chi connectivity index (χ0) is 12.7. The van der Waals surface area contributed by atoms with Crippen molar-refractivity contribution in [2.24, 2.45) is 17.8 Å². The Bertz CT molecular complexity index is 463. The predicted molar refractivity (Wildman–Crippen MR) is 72.2 cm³/mol. The van der Waals surface area contributed by atoms with E-state index < -0.39 is 0 Å². The van der Waals surface area contributed by atoms with Crippen molar-refractivity contribution in [1.29, 1.82) is 0 Å². The Morgan fingerprint density at radius 3 is 2.72 bits per heavy atom. The fourth-order valence-electron chi connectivity index (χ4n) is 3.22. The second-order valence-corrected chi connectivity index (χ2v) is 6.18. The number of hydrogen-bond acceptors (Lipinski definition) is 1. The molecule has 1 amide bonds. The second kappa shape index (κ2) is 4.58. The number of amides is 1. The molecule has 2 saturated carbocycles. The van der Waals surface area contributed by atoms with E-state index in [0.29, 0.717) is 12.5 Å². The lowest BCUT2D eigenvalue weighted by atomic mass is 10.0. The maximum atomic E-state index is 12.3. The molecule has 1 aromatic carbocycles. The van der Waals surface area contributed by atoms with Crippen LogP contribution in [0.3, 0.4) is 0 Å². The van der Waals surface area contributed by atoms with Crippen molar-refractivity contribution < 1.29 is 4.79 Å². The molecule has 3 rings (SSSR count). The minimum absolute atomic E-state index is 0.276. The third-order valence-electron chi connectivity index (χ3n) is 4.28. The molecule has 0 aromatic heterocycles. The van der Waals surface area contributed by atoms with E-state index in [1.54, 1.807) is 0 Å². The number of nitrogens with zero attached hydrogens (tertiary/aromatic N) is 1. The van der Waals surface area contributed by atoms with Crippen LogP contribution in [0, 0.1) is 17.8 Å². The lowest BCUT2D eigenvalue weighted by Gasteiger charge is -2.22. The lowest BCUT2D eigenvalue weighted by molar-refractivity contribution is -0.134. The first-order valence-electron chi connectivity index (χ1n) is 6.63. The van der Waals surface area contributed by atoms with Gasteiger partial charge in [0.05, 0.1) is 0 Å². The zero-order valence-corrected chi connectivity index (χ0v) is 11.4. The molecule has 2 fully saturated rings. The van der Waals surface area contributed by atoms with Gasteiger partial charge in [-0.1, -0.05) is 23.7 Å². The lowest BCUT2D eigenvalue weighted by Crippen LogP contribution is -2.31. The SMILES string of the molecule is CN(Cc1cccc(Cl)c1)C(=O)C1CC2CC2C1. The van der Waals surface area contributed by atoms with Gasteiger partial charge in [0, 0.05) is 24.5 Å². The monoisotopic (exact) mass is 263 g/mol. The Hall–Kier alpha value is -1.02. The van der Waals surface area contributed by atoms with E-state index in [1.807, 2.05) is 36.2 Å². The minimum Gasteiger partial charge on any atom is -0.341 e. The van der Waals surface area contributed by atoms with Gasteiger partial charge < -0.3 is 4.90 Å². The van der Waals surface area contributed by atoms with E-state index in [2.05, 4.69) is 0 Å². The summed E-state index contributed by atoms with van der Waals surface area (Å²) in [7, 11) is 1.90. The first-order valence-corrected chi connectivity index (χ1v) is 7.00. The number of rotatable bonds is 3. The summed E-state index contributed by atoms with van der Waals surface area (Å²) in [6.45, 7) is 0.658. The van der Waals surface area contributed by atoms with Crippen molar-refractivity contribution in [3.8, 4) is 0 Å². The number of benzene rings is 1. The predicted octanol–water partition coefficient (Wildman–Crippen LogP) is 3.34. The third kappa shape index (κ3) is 2.39. The van der Waals surface area contributed by atoms with Gasteiger partial charge in [0.15, 0.2) is 0 Å². The standard InChI is InChI=1S/C15H18ClNO/c1-17(9-10-3-2-4-14(16)5-10)15(18)13-7-11-6-12(11)8-13/h2-5,11-13H,6-9H2,1H3. The number of halogens is 1. The van der Waals surface area contributed by atoms with Crippen molar-refractivity contribution >= 4 is 17.5 Å². The molecule has 2 aliphatic rings. The van der Waals surface area contributed by atoms with Gasteiger partial charge in [-0.25, -0.2) is 0 Å². The average Bonchev–Trinajstić information content (AvgIpc) is 2.95. The van der Waals surface area contributed by atoms with Crippen LogP contribution < -0.4 is 0 Å². The molecule has 2 aliphatic carbocycles. The summed E-state index contributed by atoms with van der Waals surface area (Å²) in [5.41, 5.74) is 1.10. The van der Waals surface area contributed by atoms with Gasteiger partial charge in [-0.3, -0.25) is 4.79 Å². The summed E-state index contributed by atoms with van der Waals surface area (Å²) in [6.07, 6.45) is 3.59. The van der Waals surface area contributed by atoms with Crippen LogP contribution in [0.5, 0.6) is 0 Å². The van der Waals surface area contributed by atoms with Crippen LogP contribution in [0.2, 0.25) is 5.02 Å². The van der Waals surface area contributed by atoms with E-state index in [-0.39, 0.29) is 5.92 Å². The molecular formula is C15H18ClNO. The highest BCUT2D eigenvalue weighted by atomic mass is 35.5. The van der Waals surface area contributed by atoms with Crippen LogP contribution in [-0.4, -0.2) is 17.9 Å². The molecule has 3 heteroatoms. The van der Waals surface area contributed by atoms with Crippen LogP contribution in [0.25, 0.3) is 0 Å². The summed E-state index contributed by atoms with van der Waals surface area (Å²) in [4.78, 5) is 14.1. The quantitative estimate of drug-likeness (QED) is 0.819. The van der Waals surface area contributed by atoms with E-state index in [9.17, 15) is 4.79 Å². The summed E-state index contributed by atoms with van der Waals surface area (Å²) in [5, 5.41) is 0.732. The smallest absolute Gasteiger partial charge is 0.225 e. The molecule has 2 unspecified atom stereocenters. The van der Waals surface area contributed by atoms with Gasteiger partial charge in [0.2, 0.25) is 5.91 Å². The van der Waals surface area contributed by atoms with Crippen LogP contribution in [-0.2, 0) is 11.3 Å². The highest BCUT2D eigenvalue weighted by molar-refractivity contribution is 6.30. The normalized spacial score (nSPS) is 28.9. The molecular weight excluding hydrogens is 246 g/mol. The van der Waals surface area contributed by atoms with Gasteiger partial charge in [-0.2, -0.15) is 0 Å². The van der Waals surface area contributed by atoms with E-state index >= 15 is 0 Å². The summed E-state index contributed by atoms with van der Waals surface area (Å²) in [6, 6.07) is 7.73. The molecule has 0 bridgehead atoms. The summed E-state index contributed by atoms with van der Waals surface area (Å²) >= 11 is 5.96. The van der Waals surface area contributed by atoms with Crippen molar-refractivity contribution in [2.75, 3.05) is 7.05 Å². The molecule has 0 aliphatic heterocycles. The molecule has 96 valence electrons. The van der Waals surface area contributed by atoms with Gasteiger partial charge in [-0.05, 0) is 48.8 Å². The molecule has 1 aromatic rings. The van der Waals surface area contributed by atoms with Gasteiger partial charge in [-0.15, -0.1) is 0 Å².